The van der Waals surface area contributed by atoms with Gasteiger partial charge in [-0.05, 0) is 32.9 Å². The predicted molar refractivity (Wildman–Crippen MR) is 55.6 cm³/mol. The first-order valence-electron chi connectivity index (χ1n) is 4.22. The van der Waals surface area contributed by atoms with E-state index in [0.717, 1.165) is 5.75 Å². The average Bonchev–Trinajstić information content (AvgIpc) is 1.94. The summed E-state index contributed by atoms with van der Waals surface area (Å²) in [5.41, 5.74) is 12.1. The van der Waals surface area contributed by atoms with Crippen LogP contribution >= 0.6 is 0 Å². The van der Waals surface area contributed by atoms with Gasteiger partial charge in [0.2, 0.25) is 0 Å². The van der Waals surface area contributed by atoms with Gasteiger partial charge in [-0.3, -0.25) is 0 Å². The Morgan fingerprint density at radius 2 is 1.69 bits per heavy atom. The van der Waals surface area contributed by atoms with Crippen molar-refractivity contribution < 1.29 is 4.74 Å². The number of nitrogen functional groups attached to an aromatic ring is 2. The molecule has 0 heterocycles. The molecule has 3 nitrogen and oxygen atoms in total. The summed E-state index contributed by atoms with van der Waals surface area (Å²) in [5.74, 6) is 0.749. The van der Waals surface area contributed by atoms with Gasteiger partial charge in [-0.25, -0.2) is 0 Å². The normalized spacial score (nSPS) is 11.3. The molecule has 0 saturated carbocycles. The minimum Gasteiger partial charge on any atom is -0.488 e. The van der Waals surface area contributed by atoms with E-state index in [0.29, 0.717) is 11.4 Å². The van der Waals surface area contributed by atoms with Crippen LogP contribution in [0, 0.1) is 0 Å². The Bertz CT molecular complexity index is 302. The third-order valence-electron chi connectivity index (χ3n) is 1.48. The minimum atomic E-state index is -0.206. The molecule has 0 aliphatic heterocycles. The molecule has 13 heavy (non-hydrogen) atoms. The molecule has 1 aromatic carbocycles. The first kappa shape index (κ1) is 9.71. The standard InChI is InChI=1S/C10H16N2O/c1-10(2,3)13-7-4-5-8(11)9(12)6-7/h4-6H,11-12H2,1-3H3. The van der Waals surface area contributed by atoms with E-state index in [1.165, 1.54) is 0 Å². The van der Waals surface area contributed by atoms with E-state index in [-0.39, 0.29) is 5.60 Å². The van der Waals surface area contributed by atoms with E-state index in [2.05, 4.69) is 0 Å². The number of anilines is 2. The van der Waals surface area contributed by atoms with Crippen molar-refractivity contribution in [1.82, 2.24) is 0 Å². The second-order valence-electron chi connectivity index (χ2n) is 4.01. The molecule has 72 valence electrons. The van der Waals surface area contributed by atoms with Crippen molar-refractivity contribution >= 4 is 11.4 Å². The van der Waals surface area contributed by atoms with Gasteiger partial charge in [-0.1, -0.05) is 0 Å². The van der Waals surface area contributed by atoms with Gasteiger partial charge in [0.15, 0.2) is 0 Å². The van der Waals surface area contributed by atoms with Gasteiger partial charge in [-0.2, -0.15) is 0 Å². The van der Waals surface area contributed by atoms with Gasteiger partial charge >= 0.3 is 0 Å². The van der Waals surface area contributed by atoms with E-state index < -0.39 is 0 Å². The van der Waals surface area contributed by atoms with Crippen molar-refractivity contribution in [2.24, 2.45) is 0 Å². The molecular formula is C10H16N2O. The van der Waals surface area contributed by atoms with Crippen LogP contribution in [0.1, 0.15) is 20.8 Å². The summed E-state index contributed by atoms with van der Waals surface area (Å²) >= 11 is 0. The Kier molecular flexibility index (Phi) is 2.36. The van der Waals surface area contributed by atoms with E-state index in [1.807, 2.05) is 26.8 Å². The molecule has 0 spiro atoms. The van der Waals surface area contributed by atoms with Gasteiger partial charge < -0.3 is 16.2 Å². The van der Waals surface area contributed by atoms with Crippen molar-refractivity contribution in [1.29, 1.82) is 0 Å². The van der Waals surface area contributed by atoms with E-state index in [9.17, 15) is 0 Å². The summed E-state index contributed by atoms with van der Waals surface area (Å²) in [6.07, 6.45) is 0. The van der Waals surface area contributed by atoms with Crippen LogP contribution in [0.3, 0.4) is 0 Å². The lowest BCUT2D eigenvalue weighted by molar-refractivity contribution is 0.131. The molecular weight excluding hydrogens is 164 g/mol. The third kappa shape index (κ3) is 2.86. The number of nitrogens with two attached hydrogens (primary N) is 2. The van der Waals surface area contributed by atoms with Gasteiger partial charge in [0.25, 0.3) is 0 Å². The smallest absolute Gasteiger partial charge is 0.122 e. The number of rotatable bonds is 1. The molecule has 0 atom stereocenters. The summed E-state index contributed by atoms with van der Waals surface area (Å²) in [7, 11) is 0. The highest BCUT2D eigenvalue weighted by Crippen LogP contribution is 2.24. The lowest BCUT2D eigenvalue weighted by atomic mass is 10.2. The Morgan fingerprint density at radius 3 is 2.15 bits per heavy atom. The van der Waals surface area contributed by atoms with Gasteiger partial charge in [-0.15, -0.1) is 0 Å². The van der Waals surface area contributed by atoms with Crippen LogP contribution in [0.15, 0.2) is 18.2 Å². The fourth-order valence-corrected chi connectivity index (χ4v) is 0.970. The molecule has 1 aromatic rings. The van der Waals surface area contributed by atoms with E-state index >= 15 is 0 Å². The van der Waals surface area contributed by atoms with Crippen LogP contribution in [0.25, 0.3) is 0 Å². The maximum absolute atomic E-state index is 5.63. The Hall–Kier alpha value is -1.38. The largest absolute Gasteiger partial charge is 0.488 e. The van der Waals surface area contributed by atoms with Gasteiger partial charge in [0.1, 0.15) is 11.4 Å². The zero-order valence-electron chi connectivity index (χ0n) is 8.29. The first-order valence-corrected chi connectivity index (χ1v) is 4.22. The lowest BCUT2D eigenvalue weighted by Gasteiger charge is -2.21. The van der Waals surface area contributed by atoms with E-state index in [4.69, 9.17) is 16.2 Å². The van der Waals surface area contributed by atoms with E-state index in [1.54, 1.807) is 12.1 Å². The maximum Gasteiger partial charge on any atom is 0.122 e. The quantitative estimate of drug-likeness (QED) is 0.650. The molecule has 0 amide bonds. The van der Waals surface area contributed by atoms with Gasteiger partial charge in [0.05, 0.1) is 11.4 Å². The topological polar surface area (TPSA) is 61.3 Å². The molecule has 1 rings (SSSR count). The molecule has 3 heteroatoms. The van der Waals surface area contributed by atoms with Gasteiger partial charge in [0, 0.05) is 6.07 Å². The molecule has 0 saturated heterocycles. The number of benzene rings is 1. The second kappa shape index (κ2) is 3.17. The molecule has 0 aliphatic rings. The number of hydrogen-bond acceptors (Lipinski definition) is 3. The second-order valence-corrected chi connectivity index (χ2v) is 4.01. The van der Waals surface area contributed by atoms with Crippen LogP contribution < -0.4 is 16.2 Å². The Labute approximate surface area is 78.7 Å². The monoisotopic (exact) mass is 180 g/mol. The molecule has 0 fully saturated rings. The first-order chi connectivity index (χ1) is 5.88. The summed E-state index contributed by atoms with van der Waals surface area (Å²) < 4.78 is 5.60. The van der Waals surface area contributed by atoms with Crippen molar-refractivity contribution in [2.45, 2.75) is 26.4 Å². The van der Waals surface area contributed by atoms with Crippen molar-refractivity contribution in [3.05, 3.63) is 18.2 Å². The number of ether oxygens (including phenoxy) is 1. The van der Waals surface area contributed by atoms with Crippen molar-refractivity contribution in [3.63, 3.8) is 0 Å². The van der Waals surface area contributed by atoms with Crippen molar-refractivity contribution in [2.75, 3.05) is 11.5 Å². The predicted octanol–water partition coefficient (Wildman–Crippen LogP) is 2.03. The van der Waals surface area contributed by atoms with Crippen LogP contribution in [0.2, 0.25) is 0 Å². The molecule has 0 aromatic heterocycles. The summed E-state index contributed by atoms with van der Waals surface area (Å²) in [6.45, 7) is 5.96. The maximum atomic E-state index is 5.63. The fourth-order valence-electron chi connectivity index (χ4n) is 0.970. The van der Waals surface area contributed by atoms with Crippen LogP contribution in [-0.2, 0) is 0 Å². The highest BCUT2D eigenvalue weighted by atomic mass is 16.5. The zero-order valence-corrected chi connectivity index (χ0v) is 8.29. The highest BCUT2D eigenvalue weighted by molar-refractivity contribution is 5.65. The average molecular weight is 180 g/mol. The number of hydrogen-bond donors (Lipinski definition) is 2. The molecule has 0 bridgehead atoms. The fraction of sp³-hybridized carbons (Fsp3) is 0.400. The Morgan fingerprint density at radius 1 is 1.08 bits per heavy atom. The van der Waals surface area contributed by atoms with Crippen molar-refractivity contribution in [3.8, 4) is 5.75 Å². The minimum absolute atomic E-state index is 0.206. The summed E-state index contributed by atoms with van der Waals surface area (Å²) in [6, 6.07) is 5.30. The summed E-state index contributed by atoms with van der Waals surface area (Å²) in [5, 5.41) is 0. The molecule has 0 unspecified atom stereocenters. The molecule has 4 N–H and O–H groups in total. The highest BCUT2D eigenvalue weighted by Gasteiger charge is 2.11. The van der Waals surface area contributed by atoms with Crippen LogP contribution in [-0.4, -0.2) is 5.60 Å². The SMILES string of the molecule is CC(C)(C)Oc1ccc(N)c(N)c1. The lowest BCUT2D eigenvalue weighted by Crippen LogP contribution is -2.22. The molecule has 0 aliphatic carbocycles. The van der Waals surface area contributed by atoms with Crippen LogP contribution in [0.4, 0.5) is 11.4 Å². The summed E-state index contributed by atoms with van der Waals surface area (Å²) in [4.78, 5) is 0. The molecule has 0 radical (unpaired) electrons. The third-order valence-corrected chi connectivity index (χ3v) is 1.48. The zero-order chi connectivity index (χ0) is 10.1. The Balaban J connectivity index is 2.86. The van der Waals surface area contributed by atoms with Crippen LogP contribution in [0.5, 0.6) is 5.75 Å².